The minimum Gasteiger partial charge on any atom is -0.457 e. The SMILES string of the molecule is CCC[N+]1(Cc2ccc(CC(=O)[C@H](C)NC(=O)[C@@H](CC(=O)CCCCCN3C(=O)C=CC3=O)C(C)C)cc2)CCN(C(=O)O[C@H]2/C=C/[C@H](C)[C@@H](/C(C)=C/C=C/[C@](C)(O)C[C@H]3O[C@@H]3[C@H](C)[C@@H](O)CC)OC(=O)C[C@H](O)CC[C@@]2(C)OC)CC1.O=C=O. The van der Waals surface area contributed by atoms with Crippen molar-refractivity contribution in [2.75, 3.05) is 46.4 Å². The number of aliphatic hydroxyl groups is 3. The van der Waals surface area contributed by atoms with Crippen molar-refractivity contribution in [3.05, 3.63) is 83.5 Å². The fraction of sp³-hybridized carbons (Fsp3) is 0.662. The monoisotopic (exact) mass is 1190 g/mol. The van der Waals surface area contributed by atoms with E-state index in [2.05, 4.69) is 12.2 Å². The lowest BCUT2D eigenvalue weighted by atomic mass is 9.88. The Kier molecular flexibility index (Phi) is 28.4. The van der Waals surface area contributed by atoms with Gasteiger partial charge >= 0.3 is 18.2 Å². The molecule has 1 aromatic rings. The van der Waals surface area contributed by atoms with Crippen LogP contribution in [0.1, 0.15) is 151 Å². The van der Waals surface area contributed by atoms with E-state index in [4.69, 9.17) is 28.5 Å². The zero-order chi connectivity index (χ0) is 63.2. The van der Waals surface area contributed by atoms with Crippen LogP contribution in [0.2, 0.25) is 0 Å². The van der Waals surface area contributed by atoms with Gasteiger partial charge in [-0.15, -0.1) is 0 Å². The number of carbonyl (C=O) groups excluding carboxylic acids is 9. The van der Waals surface area contributed by atoms with Crippen LogP contribution in [-0.4, -0.2) is 177 Å². The number of cyclic esters (lactones) is 1. The molecule has 2 saturated heterocycles. The number of aliphatic hydroxyl groups excluding tert-OH is 2. The van der Waals surface area contributed by atoms with Crippen LogP contribution in [0.25, 0.3) is 0 Å². The number of ether oxygens (including phenoxy) is 4. The summed E-state index contributed by atoms with van der Waals surface area (Å²) in [6.07, 6.45) is 12.2. The molecule has 0 spiro atoms. The van der Waals surface area contributed by atoms with Crippen molar-refractivity contribution in [2.45, 2.75) is 207 Å². The Morgan fingerprint density at radius 1 is 0.976 bits per heavy atom. The number of nitrogens with one attached hydrogen (secondary N) is 1. The van der Waals surface area contributed by atoms with Gasteiger partial charge in [0.2, 0.25) is 5.91 Å². The summed E-state index contributed by atoms with van der Waals surface area (Å²) in [6.45, 7) is 23.0. The molecule has 20 heteroatoms. The summed E-state index contributed by atoms with van der Waals surface area (Å²) in [6, 6.07) is 7.22. The number of imide groups is 1. The minimum atomic E-state index is -1.20. The maximum Gasteiger partial charge on any atom is 0.410 e. The lowest BCUT2D eigenvalue weighted by Gasteiger charge is -2.45. The highest BCUT2D eigenvalue weighted by atomic mass is 16.6. The molecule has 20 nitrogen and oxygen atoms in total. The Morgan fingerprint density at radius 3 is 2.21 bits per heavy atom. The van der Waals surface area contributed by atoms with Gasteiger partial charge in [-0.2, -0.15) is 9.59 Å². The van der Waals surface area contributed by atoms with Gasteiger partial charge < -0.3 is 44.1 Å². The number of carbonyl (C=O) groups is 7. The Hall–Kier alpha value is -5.99. The van der Waals surface area contributed by atoms with Gasteiger partial charge in [0.05, 0.1) is 75.2 Å². The van der Waals surface area contributed by atoms with Crippen LogP contribution < -0.4 is 5.32 Å². The number of epoxide rings is 1. The average molecular weight is 1190 g/mol. The number of esters is 1. The van der Waals surface area contributed by atoms with E-state index in [1.807, 2.05) is 78.8 Å². The fourth-order valence-corrected chi connectivity index (χ4v) is 11.5. The van der Waals surface area contributed by atoms with Crippen LogP contribution in [0.4, 0.5) is 4.79 Å². The number of Topliss-reactive ketones (excluding diaryl/α,β-unsaturated/α-hetero) is 2. The molecule has 4 aliphatic heterocycles. The van der Waals surface area contributed by atoms with Gasteiger partial charge in [-0.1, -0.05) is 96.5 Å². The standard InChI is InChI=1S/C64H96N4O14.CO2/c1-12-34-68(41-48-23-21-47(22-24-48)37-53(72)46(8)65-61(76)51(42(3)4)38-49(69)19-15-14-16-31-67-56(73)26-27-57(67)74)35-32-66(33-36-68)62(77)81-55-25-20-44(6)59(82-58(75)39-50(70)28-30-64(55,10)79-11)43(5)18-17-29-63(9,78)40-54-60(80-54)45(7)52(71)13-2;2-1-3/h17-18,20-27,29,42,44-46,50-52,54-55,59-60,70-71,78H,12-16,19,28,30-41H2,1-11H3;/p+1/b25-20+,29-17+,43-18+;/t44-,45+,46-,50+,51-,52-,54+,55-,59+,60+,63-,64+;/m0./s1. The van der Waals surface area contributed by atoms with Gasteiger partial charge in [0.25, 0.3) is 11.8 Å². The summed E-state index contributed by atoms with van der Waals surface area (Å²) in [5.74, 6) is -2.86. The Morgan fingerprint density at radius 2 is 1.61 bits per heavy atom. The van der Waals surface area contributed by atoms with Gasteiger partial charge in [-0.05, 0) is 89.4 Å². The maximum absolute atomic E-state index is 14.2. The quantitative estimate of drug-likeness (QED) is 0.0127. The molecule has 0 aromatic heterocycles. The Balaban J connectivity index is 0.00000505. The Bertz CT molecular complexity index is 2540. The smallest absolute Gasteiger partial charge is 0.410 e. The van der Waals surface area contributed by atoms with E-state index in [9.17, 15) is 48.9 Å². The van der Waals surface area contributed by atoms with Crippen molar-refractivity contribution in [3.8, 4) is 0 Å². The Labute approximate surface area is 503 Å². The van der Waals surface area contributed by atoms with Crippen molar-refractivity contribution in [1.29, 1.82) is 0 Å². The first-order chi connectivity index (χ1) is 40.1. The molecule has 472 valence electrons. The van der Waals surface area contributed by atoms with Crippen molar-refractivity contribution >= 4 is 47.5 Å². The largest absolute Gasteiger partial charge is 0.457 e. The third-order valence-corrected chi connectivity index (χ3v) is 17.3. The predicted octanol–water partition coefficient (Wildman–Crippen LogP) is 6.86. The second-order valence-electron chi connectivity index (χ2n) is 24.7. The zero-order valence-electron chi connectivity index (χ0n) is 52.1. The number of amides is 4. The molecule has 0 unspecified atom stereocenters. The van der Waals surface area contributed by atoms with Gasteiger partial charge in [-0.3, -0.25) is 38.6 Å². The molecule has 0 radical (unpaired) electrons. The number of benzene rings is 1. The number of unbranched alkanes of at least 4 members (excludes halogenated alkanes) is 2. The lowest BCUT2D eigenvalue weighted by Crippen LogP contribution is -2.60. The van der Waals surface area contributed by atoms with Crippen LogP contribution >= 0.6 is 0 Å². The number of methoxy groups -OCH3 is 1. The summed E-state index contributed by atoms with van der Waals surface area (Å²) in [4.78, 5) is 110. The summed E-state index contributed by atoms with van der Waals surface area (Å²) in [7, 11) is 1.55. The molecule has 4 heterocycles. The number of quaternary nitrogens is 1. The van der Waals surface area contributed by atoms with E-state index >= 15 is 0 Å². The van der Waals surface area contributed by atoms with Crippen molar-refractivity contribution in [3.63, 3.8) is 0 Å². The second-order valence-corrected chi connectivity index (χ2v) is 24.7. The summed E-state index contributed by atoms with van der Waals surface area (Å²) in [5, 5.41) is 35.4. The van der Waals surface area contributed by atoms with E-state index in [0.29, 0.717) is 70.4 Å². The van der Waals surface area contributed by atoms with Crippen LogP contribution in [0.3, 0.4) is 0 Å². The zero-order valence-corrected chi connectivity index (χ0v) is 52.1. The van der Waals surface area contributed by atoms with Crippen LogP contribution in [0.15, 0.2) is 72.4 Å². The topological polar surface area (TPSA) is 273 Å². The van der Waals surface area contributed by atoms with E-state index < -0.39 is 65.6 Å². The van der Waals surface area contributed by atoms with E-state index in [-0.39, 0.29) is 98.0 Å². The van der Waals surface area contributed by atoms with Crippen molar-refractivity contribution in [1.82, 2.24) is 15.1 Å². The van der Waals surface area contributed by atoms with Gasteiger partial charge in [0, 0.05) is 74.8 Å². The van der Waals surface area contributed by atoms with Crippen molar-refractivity contribution in [2.24, 2.45) is 23.7 Å². The second kappa shape index (κ2) is 33.8. The van der Waals surface area contributed by atoms with E-state index in [1.165, 1.54) is 17.1 Å². The summed E-state index contributed by atoms with van der Waals surface area (Å²) < 4.78 is 25.0. The number of nitrogens with zero attached hydrogens (tertiary/aromatic N) is 3. The molecule has 0 bridgehead atoms. The number of allylic oxidation sites excluding steroid dienone is 2. The third kappa shape index (κ3) is 22.3. The first-order valence-corrected chi connectivity index (χ1v) is 30.4. The van der Waals surface area contributed by atoms with Gasteiger partial charge in [-0.25, -0.2) is 4.79 Å². The first-order valence-electron chi connectivity index (χ1n) is 30.4. The number of piperazine rings is 1. The molecular weight excluding hydrogens is 1090 g/mol. The van der Waals surface area contributed by atoms with Crippen LogP contribution in [0.5, 0.6) is 0 Å². The number of hydrogen-bond donors (Lipinski definition) is 4. The minimum absolute atomic E-state index is 0.0401. The highest BCUT2D eigenvalue weighted by molar-refractivity contribution is 6.12. The lowest BCUT2D eigenvalue weighted by molar-refractivity contribution is -0.944. The fourth-order valence-electron chi connectivity index (χ4n) is 11.5. The predicted molar refractivity (Wildman–Crippen MR) is 316 cm³/mol. The van der Waals surface area contributed by atoms with Crippen molar-refractivity contribution < 1.29 is 81.9 Å². The summed E-state index contributed by atoms with van der Waals surface area (Å²) in [5.41, 5.74) is 0.367. The molecule has 4 aliphatic rings. The molecule has 12 atom stereocenters. The van der Waals surface area contributed by atoms with Gasteiger partial charge in [0.1, 0.15) is 24.0 Å². The van der Waals surface area contributed by atoms with E-state index in [0.717, 1.165) is 35.1 Å². The molecule has 0 aliphatic carbocycles. The molecular formula is C65H97N4O16+. The third-order valence-electron chi connectivity index (χ3n) is 17.3. The number of rotatable bonds is 28. The highest BCUT2D eigenvalue weighted by Gasteiger charge is 2.47. The molecule has 85 heavy (non-hydrogen) atoms. The van der Waals surface area contributed by atoms with Crippen LogP contribution in [0, 0.1) is 23.7 Å². The molecule has 2 fully saturated rings. The molecule has 1 aromatic carbocycles. The maximum atomic E-state index is 14.2. The molecule has 0 saturated carbocycles. The normalized spacial score (nSPS) is 26.1. The van der Waals surface area contributed by atoms with E-state index in [1.54, 1.807) is 50.2 Å². The molecule has 5 rings (SSSR count). The number of hydrogen-bond acceptors (Lipinski definition) is 16. The summed E-state index contributed by atoms with van der Waals surface area (Å²) >= 11 is 0. The molecule has 4 amide bonds. The molecule has 4 N–H and O–H groups in total. The highest BCUT2D eigenvalue weighted by Crippen LogP contribution is 2.38. The first kappa shape index (κ1) is 71.5. The van der Waals surface area contributed by atoms with Crippen LogP contribution in [-0.2, 0) is 70.3 Å². The average Bonchev–Trinajstić information content (AvgIpc) is 4.38. The van der Waals surface area contributed by atoms with Gasteiger partial charge in [0.15, 0.2) is 11.9 Å². The number of ketones is 2.